The lowest BCUT2D eigenvalue weighted by atomic mass is 10.1. The lowest BCUT2D eigenvalue weighted by Gasteiger charge is -2.16. The quantitative estimate of drug-likeness (QED) is 0.646. The molecule has 2 aliphatic carbocycles. The molecule has 1 N–H and O–H groups in total. The van der Waals surface area contributed by atoms with Crippen molar-refractivity contribution in [2.45, 2.75) is 82.0 Å². The van der Waals surface area contributed by atoms with E-state index in [2.05, 4.69) is 27.0 Å². The zero-order valence-corrected chi connectivity index (χ0v) is 14.2. The highest BCUT2D eigenvalue weighted by Gasteiger charge is 2.30. The molecule has 0 spiro atoms. The number of nitrogens with zero attached hydrogens (tertiary/aromatic N) is 3. The van der Waals surface area contributed by atoms with Crippen molar-refractivity contribution in [3.63, 3.8) is 0 Å². The van der Waals surface area contributed by atoms with Crippen LogP contribution in [0.5, 0.6) is 0 Å². The van der Waals surface area contributed by atoms with Crippen molar-refractivity contribution in [2.24, 2.45) is 0 Å². The maximum Gasteiger partial charge on any atom is 0.230 e. The molecular formula is C16H26N4OS. The van der Waals surface area contributed by atoms with Crippen LogP contribution in [0.3, 0.4) is 0 Å². The standard InChI is InChI=1S/C16H26N4OS/c1-2-20-15(12-9-10-12)18-19-16(20)22-11-14(21)17-13-7-5-3-4-6-8-13/h12-13H,2-11H2,1H3,(H,17,21). The molecule has 0 atom stereocenters. The topological polar surface area (TPSA) is 59.8 Å². The van der Waals surface area contributed by atoms with E-state index < -0.39 is 0 Å². The van der Waals surface area contributed by atoms with Gasteiger partial charge in [0, 0.05) is 18.5 Å². The van der Waals surface area contributed by atoms with Crippen LogP contribution in [0.15, 0.2) is 5.16 Å². The summed E-state index contributed by atoms with van der Waals surface area (Å²) in [6.45, 7) is 3.00. The Morgan fingerprint density at radius 1 is 1.18 bits per heavy atom. The van der Waals surface area contributed by atoms with Crippen molar-refractivity contribution in [2.75, 3.05) is 5.75 Å². The molecule has 3 rings (SSSR count). The molecule has 22 heavy (non-hydrogen) atoms. The molecule has 0 radical (unpaired) electrons. The predicted molar refractivity (Wildman–Crippen MR) is 88.0 cm³/mol. The number of hydrogen-bond donors (Lipinski definition) is 1. The molecule has 1 aromatic rings. The Bertz CT molecular complexity index is 504. The van der Waals surface area contributed by atoms with Crippen LogP contribution in [0.25, 0.3) is 0 Å². The molecule has 1 heterocycles. The van der Waals surface area contributed by atoms with Crippen molar-refractivity contribution < 1.29 is 4.79 Å². The third kappa shape index (κ3) is 4.03. The molecular weight excluding hydrogens is 296 g/mol. The van der Waals surface area contributed by atoms with Gasteiger partial charge in [0.05, 0.1) is 5.75 Å². The first kappa shape index (κ1) is 15.8. The highest BCUT2D eigenvalue weighted by atomic mass is 32.2. The van der Waals surface area contributed by atoms with Crippen LogP contribution in [-0.4, -0.2) is 32.5 Å². The van der Waals surface area contributed by atoms with E-state index in [1.165, 1.54) is 50.3 Å². The van der Waals surface area contributed by atoms with Crippen molar-refractivity contribution in [3.05, 3.63) is 5.82 Å². The van der Waals surface area contributed by atoms with E-state index in [-0.39, 0.29) is 5.91 Å². The van der Waals surface area contributed by atoms with Gasteiger partial charge in [-0.2, -0.15) is 0 Å². The summed E-state index contributed by atoms with van der Waals surface area (Å²) < 4.78 is 2.17. The first-order valence-corrected chi connectivity index (χ1v) is 9.61. The first-order valence-electron chi connectivity index (χ1n) is 8.63. The Balaban J connectivity index is 1.50. The lowest BCUT2D eigenvalue weighted by molar-refractivity contribution is -0.119. The molecule has 2 aliphatic rings. The number of carbonyl (C=O) groups excluding carboxylic acids is 1. The SMILES string of the molecule is CCn1c(SCC(=O)NC2CCCCCC2)nnc1C1CC1. The van der Waals surface area contributed by atoms with Crippen LogP contribution in [-0.2, 0) is 11.3 Å². The van der Waals surface area contributed by atoms with Gasteiger partial charge in [0.25, 0.3) is 0 Å². The van der Waals surface area contributed by atoms with Gasteiger partial charge in [-0.1, -0.05) is 37.4 Å². The third-order valence-electron chi connectivity index (χ3n) is 4.56. The summed E-state index contributed by atoms with van der Waals surface area (Å²) in [6, 6.07) is 0.377. The van der Waals surface area contributed by atoms with E-state index in [0.717, 1.165) is 30.4 Å². The Labute approximate surface area is 136 Å². The Hall–Kier alpha value is -1.04. The second kappa shape index (κ2) is 7.49. The van der Waals surface area contributed by atoms with Gasteiger partial charge in [0.1, 0.15) is 5.82 Å². The second-order valence-corrected chi connectivity index (χ2v) is 7.35. The van der Waals surface area contributed by atoms with E-state index in [0.29, 0.717) is 17.7 Å². The van der Waals surface area contributed by atoms with Crippen molar-refractivity contribution in [3.8, 4) is 0 Å². The zero-order valence-electron chi connectivity index (χ0n) is 13.4. The molecule has 0 saturated heterocycles. The fourth-order valence-corrected chi connectivity index (χ4v) is 3.99. The summed E-state index contributed by atoms with van der Waals surface area (Å²) in [5, 5.41) is 12.7. The van der Waals surface area contributed by atoms with Gasteiger partial charge < -0.3 is 9.88 Å². The van der Waals surface area contributed by atoms with Crippen molar-refractivity contribution in [1.82, 2.24) is 20.1 Å². The minimum absolute atomic E-state index is 0.135. The first-order chi connectivity index (χ1) is 10.8. The molecule has 1 aromatic heterocycles. The molecule has 0 aliphatic heterocycles. The van der Waals surface area contributed by atoms with E-state index in [4.69, 9.17) is 0 Å². The number of thioether (sulfide) groups is 1. The normalized spacial score (nSPS) is 19.9. The lowest BCUT2D eigenvalue weighted by Crippen LogP contribution is -2.35. The smallest absolute Gasteiger partial charge is 0.230 e. The molecule has 0 unspecified atom stereocenters. The fourth-order valence-electron chi connectivity index (χ4n) is 3.17. The summed E-state index contributed by atoms with van der Waals surface area (Å²) in [5.41, 5.74) is 0. The largest absolute Gasteiger partial charge is 0.353 e. The average Bonchev–Trinajstić information content (AvgIpc) is 3.31. The molecule has 0 bridgehead atoms. The highest BCUT2D eigenvalue weighted by Crippen LogP contribution is 2.39. The van der Waals surface area contributed by atoms with E-state index in [9.17, 15) is 4.79 Å². The van der Waals surface area contributed by atoms with Crippen LogP contribution in [0.4, 0.5) is 0 Å². The highest BCUT2D eigenvalue weighted by molar-refractivity contribution is 7.99. The maximum atomic E-state index is 12.2. The summed E-state index contributed by atoms with van der Waals surface area (Å²) in [5.74, 6) is 2.28. The van der Waals surface area contributed by atoms with Crippen molar-refractivity contribution in [1.29, 1.82) is 0 Å². The minimum Gasteiger partial charge on any atom is -0.353 e. The number of nitrogens with one attached hydrogen (secondary N) is 1. The predicted octanol–water partition coefficient (Wildman–Crippen LogP) is 3.11. The molecule has 1 amide bonds. The summed E-state index contributed by atoms with van der Waals surface area (Å²) in [4.78, 5) is 12.2. The Morgan fingerprint density at radius 2 is 1.91 bits per heavy atom. The molecule has 5 nitrogen and oxygen atoms in total. The molecule has 2 saturated carbocycles. The number of amides is 1. The van der Waals surface area contributed by atoms with Crippen LogP contribution in [0.1, 0.15) is 70.0 Å². The van der Waals surface area contributed by atoms with Crippen LogP contribution < -0.4 is 5.32 Å². The number of carbonyl (C=O) groups is 1. The van der Waals surface area contributed by atoms with E-state index in [1.807, 2.05) is 0 Å². The number of rotatable bonds is 6. The monoisotopic (exact) mass is 322 g/mol. The van der Waals surface area contributed by atoms with Gasteiger partial charge in [0.15, 0.2) is 5.16 Å². The van der Waals surface area contributed by atoms with Crippen LogP contribution in [0, 0.1) is 0 Å². The van der Waals surface area contributed by atoms with Crippen molar-refractivity contribution >= 4 is 17.7 Å². The summed E-state index contributed by atoms with van der Waals surface area (Å²) in [7, 11) is 0. The number of hydrogen-bond acceptors (Lipinski definition) is 4. The van der Waals surface area contributed by atoms with E-state index >= 15 is 0 Å². The third-order valence-corrected chi connectivity index (χ3v) is 5.52. The van der Waals surface area contributed by atoms with Gasteiger partial charge in [0.2, 0.25) is 5.91 Å². The van der Waals surface area contributed by atoms with Gasteiger partial charge in [-0.05, 0) is 32.6 Å². The van der Waals surface area contributed by atoms with Gasteiger partial charge >= 0.3 is 0 Å². The summed E-state index contributed by atoms with van der Waals surface area (Å²) in [6.07, 6.45) is 9.83. The molecule has 2 fully saturated rings. The van der Waals surface area contributed by atoms with Crippen LogP contribution in [0.2, 0.25) is 0 Å². The fraction of sp³-hybridized carbons (Fsp3) is 0.812. The van der Waals surface area contributed by atoms with Gasteiger partial charge in [-0.3, -0.25) is 4.79 Å². The number of aromatic nitrogens is 3. The Kier molecular flexibility index (Phi) is 5.39. The second-order valence-electron chi connectivity index (χ2n) is 6.40. The maximum absolute atomic E-state index is 12.2. The van der Waals surface area contributed by atoms with Gasteiger partial charge in [-0.15, -0.1) is 10.2 Å². The van der Waals surface area contributed by atoms with Crippen LogP contribution >= 0.6 is 11.8 Å². The summed E-state index contributed by atoms with van der Waals surface area (Å²) >= 11 is 1.52. The molecule has 122 valence electrons. The molecule has 6 heteroatoms. The minimum atomic E-state index is 0.135. The van der Waals surface area contributed by atoms with Gasteiger partial charge in [-0.25, -0.2) is 0 Å². The average molecular weight is 322 g/mol. The molecule has 0 aromatic carbocycles. The Morgan fingerprint density at radius 3 is 2.55 bits per heavy atom. The van der Waals surface area contributed by atoms with E-state index in [1.54, 1.807) is 0 Å². The zero-order chi connectivity index (χ0) is 15.4.